The van der Waals surface area contributed by atoms with Gasteiger partial charge in [0, 0.05) is 10.8 Å². The van der Waals surface area contributed by atoms with Crippen LogP contribution in [0.3, 0.4) is 0 Å². The average Bonchev–Trinajstić information content (AvgIpc) is 2.74. The molecule has 0 radical (unpaired) electrons. The third-order valence-corrected chi connectivity index (χ3v) is 4.71. The van der Waals surface area contributed by atoms with Crippen LogP contribution in [0.2, 0.25) is 0 Å². The largest absolute Gasteiger partial charge is 0.507 e. The fraction of sp³-hybridized carbons (Fsp3) is 0.0833. The Labute approximate surface area is 169 Å². The fourth-order valence-electron chi connectivity index (χ4n) is 3.06. The Hall–Kier alpha value is -3.86. The molecule has 0 aromatic heterocycles. The van der Waals surface area contributed by atoms with E-state index in [9.17, 15) is 5.11 Å². The number of rotatable bonds is 4. The summed E-state index contributed by atoms with van der Waals surface area (Å²) in [4.78, 5) is 0. The van der Waals surface area contributed by atoms with Gasteiger partial charge in [-0.1, -0.05) is 42.5 Å². The van der Waals surface area contributed by atoms with Crippen molar-refractivity contribution < 1.29 is 5.11 Å². The van der Waals surface area contributed by atoms with Crippen LogP contribution < -0.4 is 0 Å². The summed E-state index contributed by atoms with van der Waals surface area (Å²) in [5.74, 6) is 0.235. The summed E-state index contributed by atoms with van der Waals surface area (Å²) >= 11 is 0. The first-order valence-corrected chi connectivity index (χ1v) is 9.32. The van der Waals surface area contributed by atoms with Crippen molar-refractivity contribution in [2.75, 3.05) is 0 Å². The second-order valence-corrected chi connectivity index (χ2v) is 6.81. The van der Waals surface area contributed by atoms with Crippen LogP contribution >= 0.6 is 0 Å². The molecule has 5 heteroatoms. The van der Waals surface area contributed by atoms with Crippen molar-refractivity contribution in [2.45, 2.75) is 13.8 Å². The second kappa shape index (κ2) is 8.02. The molecule has 0 saturated carbocycles. The van der Waals surface area contributed by atoms with Gasteiger partial charge < -0.3 is 5.11 Å². The number of aryl methyl sites for hydroxylation is 2. The highest BCUT2D eigenvalue weighted by Crippen LogP contribution is 2.34. The topological polar surface area (TPSA) is 69.7 Å². The number of benzene rings is 4. The Bertz CT molecular complexity index is 1240. The molecule has 0 heterocycles. The van der Waals surface area contributed by atoms with E-state index < -0.39 is 0 Å². The molecular weight excluding hydrogens is 360 g/mol. The summed E-state index contributed by atoms with van der Waals surface area (Å²) in [6.07, 6.45) is 0. The van der Waals surface area contributed by atoms with Crippen LogP contribution in [-0.2, 0) is 0 Å². The number of phenols is 1. The number of hydrogen-bond donors (Lipinski definition) is 1. The van der Waals surface area contributed by atoms with Gasteiger partial charge in [-0.15, -0.1) is 5.11 Å². The third kappa shape index (κ3) is 4.04. The molecular formula is C24H20N4O. The van der Waals surface area contributed by atoms with Crippen molar-refractivity contribution in [1.29, 1.82) is 0 Å². The van der Waals surface area contributed by atoms with Crippen LogP contribution in [0.15, 0.2) is 99.3 Å². The molecule has 0 bridgehead atoms. The van der Waals surface area contributed by atoms with Crippen LogP contribution in [0, 0.1) is 13.8 Å². The molecule has 0 unspecified atom stereocenters. The molecule has 5 nitrogen and oxygen atoms in total. The molecule has 0 fully saturated rings. The molecule has 0 aliphatic rings. The first-order valence-electron chi connectivity index (χ1n) is 9.32. The van der Waals surface area contributed by atoms with Crippen molar-refractivity contribution >= 4 is 33.5 Å². The number of fused-ring (bicyclic) bond motifs is 1. The van der Waals surface area contributed by atoms with Crippen LogP contribution in [0.1, 0.15) is 11.1 Å². The van der Waals surface area contributed by atoms with Gasteiger partial charge in [-0.2, -0.15) is 15.3 Å². The Morgan fingerprint density at radius 2 is 1.17 bits per heavy atom. The van der Waals surface area contributed by atoms with Gasteiger partial charge in [0.15, 0.2) is 0 Å². The molecule has 142 valence electrons. The third-order valence-electron chi connectivity index (χ3n) is 4.71. The Morgan fingerprint density at radius 1 is 0.552 bits per heavy atom. The molecule has 0 amide bonds. The summed E-state index contributed by atoms with van der Waals surface area (Å²) in [5, 5.41) is 29.1. The summed E-state index contributed by atoms with van der Waals surface area (Å²) in [6.45, 7) is 3.98. The first-order chi connectivity index (χ1) is 14.1. The summed E-state index contributed by atoms with van der Waals surface area (Å²) in [7, 11) is 0. The van der Waals surface area contributed by atoms with Gasteiger partial charge >= 0.3 is 0 Å². The van der Waals surface area contributed by atoms with Crippen LogP contribution in [-0.4, -0.2) is 5.11 Å². The molecule has 0 aliphatic heterocycles. The lowest BCUT2D eigenvalue weighted by Gasteiger charge is -2.04. The van der Waals surface area contributed by atoms with E-state index in [4.69, 9.17) is 0 Å². The van der Waals surface area contributed by atoms with E-state index >= 15 is 0 Å². The lowest BCUT2D eigenvalue weighted by molar-refractivity contribution is 0.481. The number of phenolic OH excluding ortho intramolecular Hbond substituents is 1. The molecule has 4 aromatic rings. The highest BCUT2D eigenvalue weighted by molar-refractivity contribution is 5.96. The zero-order chi connectivity index (χ0) is 20.2. The maximum atomic E-state index is 10.0. The highest BCUT2D eigenvalue weighted by Gasteiger charge is 2.05. The van der Waals surface area contributed by atoms with E-state index in [0.717, 1.165) is 39.0 Å². The minimum Gasteiger partial charge on any atom is -0.507 e. The first kappa shape index (κ1) is 18.5. The van der Waals surface area contributed by atoms with Gasteiger partial charge in [0.1, 0.15) is 5.75 Å². The fourth-order valence-corrected chi connectivity index (χ4v) is 3.06. The van der Waals surface area contributed by atoms with E-state index in [0.29, 0.717) is 5.69 Å². The van der Waals surface area contributed by atoms with Gasteiger partial charge in [0.2, 0.25) is 0 Å². The van der Waals surface area contributed by atoms with Gasteiger partial charge in [-0.05, 0) is 61.4 Å². The van der Waals surface area contributed by atoms with Crippen molar-refractivity contribution in [2.24, 2.45) is 20.5 Å². The second-order valence-electron chi connectivity index (χ2n) is 6.81. The van der Waals surface area contributed by atoms with Crippen molar-refractivity contribution in [3.05, 3.63) is 90.0 Å². The minimum atomic E-state index is 0.235. The molecule has 0 saturated heterocycles. The van der Waals surface area contributed by atoms with Gasteiger partial charge in [0.05, 0.1) is 22.7 Å². The lowest BCUT2D eigenvalue weighted by atomic mass is 10.1. The monoisotopic (exact) mass is 380 g/mol. The van der Waals surface area contributed by atoms with Crippen LogP contribution in [0.4, 0.5) is 22.7 Å². The quantitative estimate of drug-likeness (QED) is 0.358. The van der Waals surface area contributed by atoms with E-state index in [1.54, 1.807) is 12.1 Å². The molecule has 0 aliphatic carbocycles. The van der Waals surface area contributed by atoms with Crippen molar-refractivity contribution in [3.8, 4) is 5.75 Å². The van der Waals surface area contributed by atoms with Gasteiger partial charge in [-0.3, -0.25) is 0 Å². The molecule has 0 atom stereocenters. The average molecular weight is 380 g/mol. The van der Waals surface area contributed by atoms with Crippen LogP contribution in [0.25, 0.3) is 10.8 Å². The lowest BCUT2D eigenvalue weighted by Crippen LogP contribution is -1.76. The number of nitrogens with zero attached hydrogens (tertiary/aromatic N) is 4. The van der Waals surface area contributed by atoms with Gasteiger partial charge in [0.25, 0.3) is 0 Å². The van der Waals surface area contributed by atoms with Gasteiger partial charge in [-0.25, -0.2) is 0 Å². The maximum Gasteiger partial charge on any atom is 0.123 e. The number of aromatic hydroxyl groups is 1. The zero-order valence-corrected chi connectivity index (χ0v) is 16.2. The Morgan fingerprint density at radius 3 is 1.97 bits per heavy atom. The summed E-state index contributed by atoms with van der Waals surface area (Å²) in [5.41, 5.74) is 5.13. The Balaban J connectivity index is 1.59. The maximum absolute atomic E-state index is 10.0. The number of azo groups is 2. The van der Waals surface area contributed by atoms with Crippen LogP contribution in [0.5, 0.6) is 5.75 Å². The molecule has 29 heavy (non-hydrogen) atoms. The molecule has 4 rings (SSSR count). The van der Waals surface area contributed by atoms with E-state index in [1.807, 2.05) is 80.6 Å². The molecule has 0 spiro atoms. The molecule has 4 aromatic carbocycles. The van der Waals surface area contributed by atoms with Crippen molar-refractivity contribution in [1.82, 2.24) is 0 Å². The summed E-state index contributed by atoms with van der Waals surface area (Å²) in [6, 6.07) is 24.6. The number of hydrogen-bond acceptors (Lipinski definition) is 5. The van der Waals surface area contributed by atoms with Crippen molar-refractivity contribution in [3.63, 3.8) is 0 Å². The van der Waals surface area contributed by atoms with E-state index in [-0.39, 0.29) is 5.75 Å². The Kier molecular flexibility index (Phi) is 5.12. The standard InChI is InChI=1S/C24H20N4O/c1-16-7-3-6-10-21(16)26-25-18-11-12-22(17(2)15-18)27-28-23-13-14-24(29)20-9-5-4-8-19(20)23/h3-15,29H,1-2H3. The summed E-state index contributed by atoms with van der Waals surface area (Å²) < 4.78 is 0. The highest BCUT2D eigenvalue weighted by atomic mass is 16.3. The predicted octanol–water partition coefficient (Wildman–Crippen LogP) is 7.99. The SMILES string of the molecule is Cc1ccccc1N=Nc1ccc(N=Nc2ccc(O)c3ccccc23)c(C)c1. The predicted molar refractivity (Wildman–Crippen MR) is 116 cm³/mol. The smallest absolute Gasteiger partial charge is 0.123 e. The normalized spacial score (nSPS) is 11.7. The van der Waals surface area contributed by atoms with E-state index in [1.165, 1.54) is 0 Å². The minimum absolute atomic E-state index is 0.235. The van der Waals surface area contributed by atoms with E-state index in [2.05, 4.69) is 20.5 Å². The zero-order valence-electron chi connectivity index (χ0n) is 16.2. The molecule has 1 N–H and O–H groups in total.